The summed E-state index contributed by atoms with van der Waals surface area (Å²) in [6, 6.07) is 3.94. The number of aliphatic hydroxyl groups is 1. The number of nitrogens with one attached hydrogen (secondary N) is 1. The van der Waals surface area contributed by atoms with E-state index < -0.39 is 0 Å². The Bertz CT molecular complexity index is 276. The minimum absolute atomic E-state index is 0.0840. The molecule has 0 aliphatic carbocycles. The van der Waals surface area contributed by atoms with E-state index in [1.807, 2.05) is 19.9 Å². The van der Waals surface area contributed by atoms with Gasteiger partial charge in [-0.1, -0.05) is 17.7 Å². The lowest BCUT2D eigenvalue weighted by Crippen LogP contribution is -2.31. The molecule has 0 bridgehead atoms. The fourth-order valence-electron chi connectivity index (χ4n) is 1.22. The summed E-state index contributed by atoms with van der Waals surface area (Å²) in [4.78, 5) is 4.00. The van der Waals surface area contributed by atoms with Crippen LogP contribution in [0.25, 0.3) is 0 Å². The van der Waals surface area contributed by atoms with E-state index in [0.717, 1.165) is 5.56 Å². The van der Waals surface area contributed by atoms with Crippen molar-refractivity contribution < 1.29 is 5.11 Å². The van der Waals surface area contributed by atoms with Crippen molar-refractivity contribution >= 4 is 11.6 Å². The van der Waals surface area contributed by atoms with Gasteiger partial charge in [-0.2, -0.15) is 0 Å². The molecular formula is C10H15ClN2O. The lowest BCUT2D eigenvalue weighted by Gasteiger charge is -2.18. The number of hydrogen-bond donors (Lipinski definition) is 2. The SMILES string of the molecule is CC(N[C@@H](C)CO)c1ccc(Cl)nc1. The first-order chi connectivity index (χ1) is 6.63. The molecule has 78 valence electrons. The Morgan fingerprint density at radius 1 is 1.50 bits per heavy atom. The molecule has 1 heterocycles. The topological polar surface area (TPSA) is 45.1 Å². The normalized spacial score (nSPS) is 15.1. The Morgan fingerprint density at radius 3 is 2.71 bits per heavy atom. The van der Waals surface area contributed by atoms with Crippen LogP contribution in [0.15, 0.2) is 18.3 Å². The van der Waals surface area contributed by atoms with Crippen molar-refractivity contribution in [1.82, 2.24) is 10.3 Å². The number of aliphatic hydroxyl groups excluding tert-OH is 1. The van der Waals surface area contributed by atoms with Gasteiger partial charge in [-0.3, -0.25) is 0 Å². The van der Waals surface area contributed by atoms with Crippen molar-refractivity contribution in [2.45, 2.75) is 25.9 Å². The van der Waals surface area contributed by atoms with Crippen LogP contribution in [-0.4, -0.2) is 22.7 Å². The highest BCUT2D eigenvalue weighted by molar-refractivity contribution is 6.29. The molecule has 0 aliphatic rings. The third-order valence-corrected chi connectivity index (χ3v) is 2.28. The lowest BCUT2D eigenvalue weighted by molar-refractivity contribution is 0.243. The van der Waals surface area contributed by atoms with Gasteiger partial charge < -0.3 is 10.4 Å². The van der Waals surface area contributed by atoms with Crippen LogP contribution < -0.4 is 5.32 Å². The Labute approximate surface area is 89.1 Å². The summed E-state index contributed by atoms with van der Waals surface area (Å²) in [6.45, 7) is 4.09. The monoisotopic (exact) mass is 214 g/mol. The molecule has 0 radical (unpaired) electrons. The first-order valence-electron chi connectivity index (χ1n) is 4.62. The average molecular weight is 215 g/mol. The molecule has 4 heteroatoms. The van der Waals surface area contributed by atoms with Crippen molar-refractivity contribution in [2.24, 2.45) is 0 Å². The van der Waals surface area contributed by atoms with Gasteiger partial charge in [0, 0.05) is 18.3 Å². The quantitative estimate of drug-likeness (QED) is 0.751. The zero-order valence-corrected chi connectivity index (χ0v) is 9.12. The lowest BCUT2D eigenvalue weighted by atomic mass is 10.1. The summed E-state index contributed by atoms with van der Waals surface area (Å²) in [5.74, 6) is 0. The van der Waals surface area contributed by atoms with Crippen LogP contribution in [0.3, 0.4) is 0 Å². The van der Waals surface area contributed by atoms with E-state index >= 15 is 0 Å². The van der Waals surface area contributed by atoms with Crippen LogP contribution in [0.1, 0.15) is 25.5 Å². The number of halogens is 1. The summed E-state index contributed by atoms with van der Waals surface area (Å²) >= 11 is 5.68. The van der Waals surface area contributed by atoms with Gasteiger partial charge in [0.05, 0.1) is 6.61 Å². The predicted octanol–water partition coefficient (Wildman–Crippen LogP) is 1.77. The van der Waals surface area contributed by atoms with Gasteiger partial charge in [0.1, 0.15) is 5.15 Å². The number of rotatable bonds is 4. The molecular weight excluding hydrogens is 200 g/mol. The summed E-state index contributed by atoms with van der Waals surface area (Å²) in [6.07, 6.45) is 1.74. The van der Waals surface area contributed by atoms with Crippen LogP contribution in [-0.2, 0) is 0 Å². The molecule has 0 fully saturated rings. The molecule has 1 unspecified atom stereocenters. The second-order valence-electron chi connectivity index (χ2n) is 3.39. The van der Waals surface area contributed by atoms with Crippen molar-refractivity contribution in [3.05, 3.63) is 29.0 Å². The number of pyridine rings is 1. The third kappa shape index (κ3) is 3.25. The summed E-state index contributed by atoms with van der Waals surface area (Å²) in [5, 5.41) is 12.6. The molecule has 0 saturated carbocycles. The Kier molecular flexibility index (Phi) is 4.32. The van der Waals surface area contributed by atoms with Crippen molar-refractivity contribution in [1.29, 1.82) is 0 Å². The first kappa shape index (κ1) is 11.4. The van der Waals surface area contributed by atoms with Gasteiger partial charge in [-0.05, 0) is 25.5 Å². The van der Waals surface area contributed by atoms with Crippen LogP contribution in [0.4, 0.5) is 0 Å². The standard InChI is InChI=1S/C10H15ClN2O/c1-7(6-14)13-8(2)9-3-4-10(11)12-5-9/h3-5,7-8,13-14H,6H2,1-2H3/t7-,8?/m0/s1. The number of aromatic nitrogens is 1. The van der Waals surface area contributed by atoms with Crippen LogP contribution in [0, 0.1) is 0 Å². The second kappa shape index (κ2) is 5.29. The van der Waals surface area contributed by atoms with E-state index in [1.54, 1.807) is 12.3 Å². The summed E-state index contributed by atoms with van der Waals surface area (Å²) < 4.78 is 0. The molecule has 2 N–H and O–H groups in total. The van der Waals surface area contributed by atoms with Crippen molar-refractivity contribution in [3.8, 4) is 0 Å². The maximum absolute atomic E-state index is 8.88. The van der Waals surface area contributed by atoms with Gasteiger partial charge in [0.2, 0.25) is 0 Å². The number of nitrogens with zero attached hydrogens (tertiary/aromatic N) is 1. The summed E-state index contributed by atoms with van der Waals surface area (Å²) in [5.41, 5.74) is 1.06. The van der Waals surface area contributed by atoms with E-state index in [2.05, 4.69) is 10.3 Å². The fourth-order valence-corrected chi connectivity index (χ4v) is 1.33. The van der Waals surface area contributed by atoms with E-state index in [-0.39, 0.29) is 18.7 Å². The van der Waals surface area contributed by atoms with E-state index in [1.165, 1.54) is 0 Å². The van der Waals surface area contributed by atoms with Crippen molar-refractivity contribution in [3.63, 3.8) is 0 Å². The molecule has 1 aromatic rings. The maximum atomic E-state index is 8.88. The summed E-state index contributed by atoms with van der Waals surface area (Å²) in [7, 11) is 0. The first-order valence-corrected chi connectivity index (χ1v) is 4.99. The van der Waals surface area contributed by atoms with Crippen LogP contribution >= 0.6 is 11.6 Å². The Morgan fingerprint density at radius 2 is 2.21 bits per heavy atom. The molecule has 1 rings (SSSR count). The highest BCUT2D eigenvalue weighted by Crippen LogP contribution is 2.13. The fraction of sp³-hybridized carbons (Fsp3) is 0.500. The van der Waals surface area contributed by atoms with E-state index in [0.29, 0.717) is 5.15 Å². The highest BCUT2D eigenvalue weighted by atomic mass is 35.5. The van der Waals surface area contributed by atoms with Crippen LogP contribution in [0.5, 0.6) is 0 Å². The molecule has 0 amide bonds. The van der Waals surface area contributed by atoms with Gasteiger partial charge in [-0.25, -0.2) is 4.98 Å². The Hall–Kier alpha value is -0.640. The third-order valence-electron chi connectivity index (χ3n) is 2.06. The zero-order chi connectivity index (χ0) is 10.6. The smallest absolute Gasteiger partial charge is 0.129 e. The molecule has 0 spiro atoms. The minimum atomic E-state index is 0.0840. The number of hydrogen-bond acceptors (Lipinski definition) is 3. The second-order valence-corrected chi connectivity index (χ2v) is 3.77. The van der Waals surface area contributed by atoms with Crippen LogP contribution in [0.2, 0.25) is 5.15 Å². The van der Waals surface area contributed by atoms with E-state index in [9.17, 15) is 0 Å². The van der Waals surface area contributed by atoms with Gasteiger partial charge in [0.25, 0.3) is 0 Å². The molecule has 0 aliphatic heterocycles. The zero-order valence-electron chi connectivity index (χ0n) is 8.37. The van der Waals surface area contributed by atoms with Gasteiger partial charge in [0.15, 0.2) is 0 Å². The molecule has 2 atom stereocenters. The molecule has 14 heavy (non-hydrogen) atoms. The van der Waals surface area contributed by atoms with Crippen molar-refractivity contribution in [2.75, 3.05) is 6.61 Å². The molecule has 0 saturated heterocycles. The minimum Gasteiger partial charge on any atom is -0.395 e. The Balaban J connectivity index is 2.60. The van der Waals surface area contributed by atoms with Gasteiger partial charge >= 0.3 is 0 Å². The average Bonchev–Trinajstić information content (AvgIpc) is 2.18. The van der Waals surface area contributed by atoms with Gasteiger partial charge in [-0.15, -0.1) is 0 Å². The molecule has 0 aromatic carbocycles. The highest BCUT2D eigenvalue weighted by Gasteiger charge is 2.08. The maximum Gasteiger partial charge on any atom is 0.129 e. The predicted molar refractivity (Wildman–Crippen MR) is 57.3 cm³/mol. The molecule has 3 nitrogen and oxygen atoms in total. The molecule has 1 aromatic heterocycles. The van der Waals surface area contributed by atoms with E-state index in [4.69, 9.17) is 16.7 Å². The largest absolute Gasteiger partial charge is 0.395 e.